The highest BCUT2D eigenvalue weighted by Crippen LogP contribution is 2.19. The normalized spacial score (nSPS) is 34.5. The minimum absolute atomic E-state index is 0.712. The molecule has 1 N–H and O–H groups in total. The fraction of sp³-hybridized carbons (Fsp3) is 1.00. The van der Waals surface area contributed by atoms with Crippen LogP contribution in [0.3, 0.4) is 0 Å². The van der Waals surface area contributed by atoms with Crippen LogP contribution in [0.5, 0.6) is 0 Å². The van der Waals surface area contributed by atoms with Crippen LogP contribution in [0, 0.1) is 5.92 Å². The van der Waals surface area contributed by atoms with E-state index in [2.05, 4.69) is 35.9 Å². The number of nitrogens with zero attached hydrogens (tertiary/aromatic N) is 2. The third kappa shape index (κ3) is 2.76. The third-order valence-corrected chi connectivity index (χ3v) is 4.33. The van der Waals surface area contributed by atoms with Gasteiger partial charge in [-0.15, -0.1) is 0 Å². The maximum Gasteiger partial charge on any atom is 0.0247 e. The number of nitrogens with one attached hydrogen (secondary N) is 1. The van der Waals surface area contributed by atoms with E-state index in [9.17, 15) is 0 Å². The lowest BCUT2D eigenvalue weighted by Crippen LogP contribution is -2.57. The van der Waals surface area contributed by atoms with E-state index in [-0.39, 0.29) is 0 Å². The first kappa shape index (κ1) is 12.3. The maximum absolute atomic E-state index is 3.54. The van der Waals surface area contributed by atoms with Crippen molar-refractivity contribution in [2.45, 2.75) is 39.3 Å². The van der Waals surface area contributed by atoms with Crippen LogP contribution in [0.1, 0.15) is 27.2 Å². The van der Waals surface area contributed by atoms with Crippen molar-refractivity contribution in [3.8, 4) is 0 Å². The van der Waals surface area contributed by atoms with E-state index in [0.717, 1.165) is 12.0 Å². The molecule has 16 heavy (non-hydrogen) atoms. The second kappa shape index (κ2) is 5.48. The summed E-state index contributed by atoms with van der Waals surface area (Å²) in [5.41, 5.74) is 0. The molecule has 2 rings (SSSR count). The summed E-state index contributed by atoms with van der Waals surface area (Å²) in [5.74, 6) is 0.867. The average Bonchev–Trinajstić information content (AvgIpc) is 2.30. The summed E-state index contributed by atoms with van der Waals surface area (Å²) in [6.45, 7) is 14.5. The van der Waals surface area contributed by atoms with Crippen molar-refractivity contribution in [1.82, 2.24) is 15.1 Å². The molecule has 2 aliphatic heterocycles. The van der Waals surface area contributed by atoms with Gasteiger partial charge in [0.05, 0.1) is 0 Å². The van der Waals surface area contributed by atoms with Crippen LogP contribution in [-0.4, -0.2) is 61.2 Å². The predicted molar refractivity (Wildman–Crippen MR) is 68.7 cm³/mol. The number of piperidine rings is 1. The molecule has 0 aromatic carbocycles. The fourth-order valence-corrected chi connectivity index (χ4v) is 3.05. The Labute approximate surface area is 100 Å². The summed E-state index contributed by atoms with van der Waals surface area (Å²) in [7, 11) is 0. The zero-order valence-electron chi connectivity index (χ0n) is 11.1. The molecule has 2 saturated heterocycles. The average molecular weight is 225 g/mol. The van der Waals surface area contributed by atoms with Gasteiger partial charge >= 0.3 is 0 Å². The Morgan fingerprint density at radius 3 is 2.38 bits per heavy atom. The largest absolute Gasteiger partial charge is 0.315 e. The Bertz CT molecular complexity index is 209. The van der Waals surface area contributed by atoms with E-state index < -0.39 is 0 Å². The molecule has 0 bridgehead atoms. The molecule has 2 heterocycles. The van der Waals surface area contributed by atoms with Crippen molar-refractivity contribution in [2.24, 2.45) is 5.92 Å². The van der Waals surface area contributed by atoms with Gasteiger partial charge in [0.2, 0.25) is 0 Å². The van der Waals surface area contributed by atoms with E-state index in [1.54, 1.807) is 0 Å². The summed E-state index contributed by atoms with van der Waals surface area (Å²) in [5, 5.41) is 3.54. The maximum atomic E-state index is 3.54. The van der Waals surface area contributed by atoms with Gasteiger partial charge < -0.3 is 5.32 Å². The molecule has 0 aromatic heterocycles. The topological polar surface area (TPSA) is 18.5 Å². The third-order valence-electron chi connectivity index (χ3n) is 4.33. The van der Waals surface area contributed by atoms with Crippen molar-refractivity contribution >= 4 is 0 Å². The van der Waals surface area contributed by atoms with Crippen LogP contribution in [-0.2, 0) is 0 Å². The summed E-state index contributed by atoms with van der Waals surface area (Å²) in [6.07, 6.45) is 1.34. The van der Waals surface area contributed by atoms with E-state index >= 15 is 0 Å². The van der Waals surface area contributed by atoms with Crippen LogP contribution >= 0.6 is 0 Å². The molecule has 2 atom stereocenters. The van der Waals surface area contributed by atoms with E-state index in [0.29, 0.717) is 6.04 Å². The zero-order chi connectivity index (χ0) is 11.5. The van der Waals surface area contributed by atoms with Crippen molar-refractivity contribution in [3.05, 3.63) is 0 Å². The lowest BCUT2D eigenvalue weighted by Gasteiger charge is -2.44. The Morgan fingerprint density at radius 1 is 1.12 bits per heavy atom. The molecule has 2 unspecified atom stereocenters. The van der Waals surface area contributed by atoms with Crippen LogP contribution in [0.2, 0.25) is 0 Å². The molecular formula is C13H27N3. The van der Waals surface area contributed by atoms with Crippen molar-refractivity contribution in [3.63, 3.8) is 0 Å². The van der Waals surface area contributed by atoms with E-state index in [1.165, 1.54) is 45.7 Å². The smallest absolute Gasteiger partial charge is 0.0247 e. The van der Waals surface area contributed by atoms with Crippen LogP contribution in [0.4, 0.5) is 0 Å². The van der Waals surface area contributed by atoms with Crippen molar-refractivity contribution in [2.75, 3.05) is 39.3 Å². The fourth-order valence-electron chi connectivity index (χ4n) is 3.05. The zero-order valence-corrected chi connectivity index (χ0v) is 11.1. The highest BCUT2D eigenvalue weighted by Gasteiger charge is 2.29. The van der Waals surface area contributed by atoms with Crippen molar-refractivity contribution in [1.29, 1.82) is 0 Å². The molecule has 2 aliphatic rings. The van der Waals surface area contributed by atoms with Gasteiger partial charge in [0.15, 0.2) is 0 Å². The highest BCUT2D eigenvalue weighted by atomic mass is 15.3. The summed E-state index contributed by atoms with van der Waals surface area (Å²) in [6, 6.07) is 1.49. The van der Waals surface area contributed by atoms with Crippen LogP contribution in [0.25, 0.3) is 0 Å². The minimum atomic E-state index is 0.712. The lowest BCUT2D eigenvalue weighted by molar-refractivity contribution is 0.0493. The second-order valence-electron chi connectivity index (χ2n) is 5.70. The molecule has 0 saturated carbocycles. The summed E-state index contributed by atoms with van der Waals surface area (Å²) >= 11 is 0. The first-order valence-corrected chi connectivity index (χ1v) is 6.87. The Hall–Kier alpha value is -0.120. The van der Waals surface area contributed by atoms with Gasteiger partial charge in [-0.25, -0.2) is 0 Å². The minimum Gasteiger partial charge on any atom is -0.315 e. The molecule has 2 fully saturated rings. The molecule has 0 spiro atoms. The van der Waals surface area contributed by atoms with E-state index in [4.69, 9.17) is 0 Å². The first-order valence-electron chi connectivity index (χ1n) is 6.87. The SMILES string of the molecule is CC1CCNCC1N1CCN(C(C)C)CC1. The quantitative estimate of drug-likeness (QED) is 0.757. The first-order chi connectivity index (χ1) is 7.68. The van der Waals surface area contributed by atoms with Gasteiger partial charge in [0.1, 0.15) is 0 Å². The molecular weight excluding hydrogens is 198 g/mol. The monoisotopic (exact) mass is 225 g/mol. The highest BCUT2D eigenvalue weighted by molar-refractivity contribution is 4.86. The standard InChI is InChI=1S/C13H27N3/c1-11(2)15-6-8-16(9-7-15)13-10-14-5-4-12(13)3/h11-14H,4-10H2,1-3H3. The molecule has 0 aliphatic carbocycles. The van der Waals surface area contributed by atoms with E-state index in [1.807, 2.05) is 0 Å². The number of hydrogen-bond donors (Lipinski definition) is 1. The predicted octanol–water partition coefficient (Wildman–Crippen LogP) is 1.01. The summed E-state index contributed by atoms with van der Waals surface area (Å²) in [4.78, 5) is 5.30. The second-order valence-corrected chi connectivity index (χ2v) is 5.70. The number of piperazine rings is 1. The molecule has 0 amide bonds. The Balaban J connectivity index is 1.83. The molecule has 0 radical (unpaired) electrons. The molecule has 3 nitrogen and oxygen atoms in total. The van der Waals surface area contributed by atoms with Gasteiger partial charge in [-0.2, -0.15) is 0 Å². The molecule has 3 heteroatoms. The van der Waals surface area contributed by atoms with Gasteiger partial charge in [0.25, 0.3) is 0 Å². The van der Waals surface area contributed by atoms with Crippen molar-refractivity contribution < 1.29 is 0 Å². The lowest BCUT2D eigenvalue weighted by atomic mass is 9.93. The van der Waals surface area contributed by atoms with Crippen LogP contribution in [0.15, 0.2) is 0 Å². The van der Waals surface area contributed by atoms with Gasteiger partial charge in [-0.3, -0.25) is 9.80 Å². The van der Waals surface area contributed by atoms with Gasteiger partial charge in [-0.05, 0) is 32.7 Å². The molecule has 0 aromatic rings. The number of hydrogen-bond acceptors (Lipinski definition) is 3. The van der Waals surface area contributed by atoms with Gasteiger partial charge in [-0.1, -0.05) is 6.92 Å². The molecule has 94 valence electrons. The van der Waals surface area contributed by atoms with Gasteiger partial charge in [0, 0.05) is 44.8 Å². The number of rotatable bonds is 2. The Kier molecular flexibility index (Phi) is 4.22. The Morgan fingerprint density at radius 2 is 1.81 bits per heavy atom. The summed E-state index contributed by atoms with van der Waals surface area (Å²) < 4.78 is 0. The van der Waals surface area contributed by atoms with Crippen LogP contribution < -0.4 is 5.32 Å².